The van der Waals surface area contributed by atoms with Crippen LogP contribution in [0.25, 0.3) is 0 Å². The minimum Gasteiger partial charge on any atom is -0.376 e. The molecule has 0 heterocycles. The standard InChI is InChI=1S/C11H15NO/c1-8-4-6-11(7-5-8)12-9(2)10(3)13/h4-7,9,12H,1-3H3. The first-order chi connectivity index (χ1) is 6.09. The summed E-state index contributed by atoms with van der Waals surface area (Å²) in [5.41, 5.74) is 2.22. The third-order valence-electron chi connectivity index (χ3n) is 2.04. The van der Waals surface area contributed by atoms with Crippen molar-refractivity contribution in [1.29, 1.82) is 0 Å². The molecule has 0 radical (unpaired) electrons. The van der Waals surface area contributed by atoms with E-state index in [0.29, 0.717) is 0 Å². The Labute approximate surface area is 79.0 Å². The van der Waals surface area contributed by atoms with E-state index < -0.39 is 0 Å². The molecule has 2 nitrogen and oxygen atoms in total. The highest BCUT2D eigenvalue weighted by Crippen LogP contribution is 2.09. The van der Waals surface area contributed by atoms with Gasteiger partial charge in [0.15, 0.2) is 5.78 Å². The molecule has 1 rings (SSSR count). The van der Waals surface area contributed by atoms with Crippen LogP contribution in [0.4, 0.5) is 5.69 Å². The van der Waals surface area contributed by atoms with Crippen LogP contribution >= 0.6 is 0 Å². The van der Waals surface area contributed by atoms with Crippen LogP contribution in [-0.2, 0) is 4.79 Å². The smallest absolute Gasteiger partial charge is 0.151 e. The third kappa shape index (κ3) is 2.90. The Morgan fingerprint density at radius 1 is 1.31 bits per heavy atom. The first kappa shape index (κ1) is 9.78. The lowest BCUT2D eigenvalue weighted by Gasteiger charge is -2.11. The number of aryl methyl sites for hydroxylation is 1. The quantitative estimate of drug-likeness (QED) is 0.768. The molecule has 0 amide bonds. The maximum atomic E-state index is 11.0. The van der Waals surface area contributed by atoms with E-state index in [9.17, 15) is 4.79 Å². The van der Waals surface area contributed by atoms with Crippen molar-refractivity contribution >= 4 is 11.5 Å². The second kappa shape index (κ2) is 4.08. The van der Waals surface area contributed by atoms with Gasteiger partial charge in [0.05, 0.1) is 6.04 Å². The van der Waals surface area contributed by atoms with Crippen LogP contribution in [0, 0.1) is 6.92 Å². The molecule has 0 aliphatic carbocycles. The van der Waals surface area contributed by atoms with Gasteiger partial charge >= 0.3 is 0 Å². The molecule has 13 heavy (non-hydrogen) atoms. The Morgan fingerprint density at radius 2 is 1.85 bits per heavy atom. The van der Waals surface area contributed by atoms with Crippen molar-refractivity contribution in [3.05, 3.63) is 29.8 Å². The second-order valence-electron chi connectivity index (χ2n) is 3.34. The summed E-state index contributed by atoms with van der Waals surface area (Å²) < 4.78 is 0. The molecule has 0 fully saturated rings. The molecule has 0 aliphatic heterocycles. The van der Waals surface area contributed by atoms with E-state index in [1.165, 1.54) is 5.56 Å². The third-order valence-corrected chi connectivity index (χ3v) is 2.04. The number of anilines is 1. The lowest BCUT2D eigenvalue weighted by Crippen LogP contribution is -2.23. The lowest BCUT2D eigenvalue weighted by molar-refractivity contribution is -0.117. The average Bonchev–Trinajstić information content (AvgIpc) is 2.08. The van der Waals surface area contributed by atoms with Gasteiger partial charge in [0.1, 0.15) is 0 Å². The van der Waals surface area contributed by atoms with Gasteiger partial charge in [-0.25, -0.2) is 0 Å². The van der Waals surface area contributed by atoms with Crippen LogP contribution in [0.5, 0.6) is 0 Å². The molecule has 2 heteroatoms. The normalized spacial score (nSPS) is 12.2. The van der Waals surface area contributed by atoms with Crippen molar-refractivity contribution < 1.29 is 4.79 Å². The largest absolute Gasteiger partial charge is 0.376 e. The summed E-state index contributed by atoms with van der Waals surface area (Å²) >= 11 is 0. The minimum absolute atomic E-state index is 0.109. The van der Waals surface area contributed by atoms with Crippen molar-refractivity contribution in [2.24, 2.45) is 0 Å². The van der Waals surface area contributed by atoms with Crippen molar-refractivity contribution in [3.8, 4) is 0 Å². The summed E-state index contributed by atoms with van der Waals surface area (Å²) in [6.45, 7) is 5.49. The van der Waals surface area contributed by atoms with E-state index in [1.807, 2.05) is 38.1 Å². The number of carbonyl (C=O) groups excluding carboxylic acids is 1. The second-order valence-corrected chi connectivity index (χ2v) is 3.34. The Kier molecular flexibility index (Phi) is 3.07. The predicted octanol–water partition coefficient (Wildman–Crippen LogP) is 2.38. The van der Waals surface area contributed by atoms with Crippen molar-refractivity contribution in [1.82, 2.24) is 0 Å². The van der Waals surface area contributed by atoms with E-state index in [0.717, 1.165) is 5.69 Å². The molecule has 1 N–H and O–H groups in total. The van der Waals surface area contributed by atoms with Crippen molar-refractivity contribution in [3.63, 3.8) is 0 Å². The maximum absolute atomic E-state index is 11.0. The summed E-state index contributed by atoms with van der Waals surface area (Å²) in [7, 11) is 0. The Morgan fingerprint density at radius 3 is 2.31 bits per heavy atom. The summed E-state index contributed by atoms with van der Waals surface area (Å²) in [5.74, 6) is 0.153. The van der Waals surface area contributed by atoms with Gasteiger partial charge in [0.25, 0.3) is 0 Å². The highest BCUT2D eigenvalue weighted by molar-refractivity contribution is 5.83. The Bertz CT molecular complexity index is 289. The fourth-order valence-corrected chi connectivity index (χ4v) is 1.00. The monoisotopic (exact) mass is 177 g/mol. The molecule has 1 atom stereocenters. The topological polar surface area (TPSA) is 29.1 Å². The number of benzene rings is 1. The molecule has 1 aromatic carbocycles. The van der Waals surface area contributed by atoms with Gasteiger partial charge in [0.2, 0.25) is 0 Å². The molecule has 1 unspecified atom stereocenters. The van der Waals surface area contributed by atoms with Crippen molar-refractivity contribution in [2.75, 3.05) is 5.32 Å². The van der Waals surface area contributed by atoms with Gasteiger partial charge in [-0.2, -0.15) is 0 Å². The highest BCUT2D eigenvalue weighted by atomic mass is 16.1. The number of hydrogen-bond acceptors (Lipinski definition) is 2. The van der Waals surface area contributed by atoms with Gasteiger partial charge in [-0.05, 0) is 32.9 Å². The van der Waals surface area contributed by atoms with Crippen LogP contribution in [0.2, 0.25) is 0 Å². The summed E-state index contributed by atoms with van der Waals surface area (Å²) in [4.78, 5) is 11.0. The average molecular weight is 177 g/mol. The van der Waals surface area contributed by atoms with E-state index >= 15 is 0 Å². The van der Waals surface area contributed by atoms with Crippen LogP contribution in [0.1, 0.15) is 19.4 Å². The zero-order chi connectivity index (χ0) is 9.84. The molecule has 0 spiro atoms. The zero-order valence-electron chi connectivity index (χ0n) is 8.29. The number of nitrogens with one attached hydrogen (secondary N) is 1. The van der Waals surface area contributed by atoms with E-state index in [1.54, 1.807) is 6.92 Å². The number of hydrogen-bond donors (Lipinski definition) is 1. The molecule has 0 bridgehead atoms. The predicted molar refractivity (Wildman–Crippen MR) is 54.9 cm³/mol. The van der Waals surface area contributed by atoms with Crippen LogP contribution < -0.4 is 5.32 Å². The van der Waals surface area contributed by atoms with Crippen LogP contribution in [0.3, 0.4) is 0 Å². The first-order valence-corrected chi connectivity index (χ1v) is 4.43. The number of Topliss-reactive ketones (excluding diaryl/α,β-unsaturated/α-hetero) is 1. The van der Waals surface area contributed by atoms with E-state index in [4.69, 9.17) is 0 Å². The van der Waals surface area contributed by atoms with Crippen molar-refractivity contribution in [2.45, 2.75) is 26.8 Å². The maximum Gasteiger partial charge on any atom is 0.151 e. The fraction of sp³-hybridized carbons (Fsp3) is 0.364. The van der Waals surface area contributed by atoms with Gasteiger partial charge in [-0.3, -0.25) is 4.79 Å². The summed E-state index contributed by atoms with van der Waals surface area (Å²) in [6, 6.07) is 7.90. The van der Waals surface area contributed by atoms with Gasteiger partial charge in [0, 0.05) is 5.69 Å². The fourth-order valence-electron chi connectivity index (χ4n) is 1.00. The molecule has 0 saturated carbocycles. The molecule has 0 aliphatic rings. The summed E-state index contributed by atoms with van der Waals surface area (Å²) in [6.07, 6.45) is 0. The molecule has 0 aromatic heterocycles. The number of rotatable bonds is 3. The minimum atomic E-state index is -0.109. The van der Waals surface area contributed by atoms with Crippen LogP contribution in [0.15, 0.2) is 24.3 Å². The van der Waals surface area contributed by atoms with Gasteiger partial charge in [-0.1, -0.05) is 17.7 Å². The number of carbonyl (C=O) groups is 1. The van der Waals surface area contributed by atoms with Crippen LogP contribution in [-0.4, -0.2) is 11.8 Å². The van der Waals surface area contributed by atoms with E-state index in [2.05, 4.69) is 5.32 Å². The molecule has 70 valence electrons. The van der Waals surface area contributed by atoms with E-state index in [-0.39, 0.29) is 11.8 Å². The highest BCUT2D eigenvalue weighted by Gasteiger charge is 2.05. The molecule has 1 aromatic rings. The van der Waals surface area contributed by atoms with Gasteiger partial charge in [-0.15, -0.1) is 0 Å². The Hall–Kier alpha value is -1.31. The van der Waals surface area contributed by atoms with Gasteiger partial charge < -0.3 is 5.32 Å². The summed E-state index contributed by atoms with van der Waals surface area (Å²) in [5, 5.41) is 3.12. The number of ketones is 1. The zero-order valence-corrected chi connectivity index (χ0v) is 8.29. The molecular weight excluding hydrogens is 162 g/mol. The SMILES string of the molecule is CC(=O)C(C)Nc1ccc(C)cc1. The molecular formula is C11H15NO. The Balaban J connectivity index is 2.64. The first-order valence-electron chi connectivity index (χ1n) is 4.43. The molecule has 0 saturated heterocycles. The lowest BCUT2D eigenvalue weighted by atomic mass is 10.2.